The van der Waals surface area contributed by atoms with Gasteiger partial charge >= 0.3 is 0 Å². The van der Waals surface area contributed by atoms with E-state index < -0.39 is 0 Å². The van der Waals surface area contributed by atoms with Gasteiger partial charge in [0.25, 0.3) is 0 Å². The number of nitrogens with zero attached hydrogens (tertiary/aromatic N) is 1. The monoisotopic (exact) mass is 805 g/mol. The van der Waals surface area contributed by atoms with Gasteiger partial charge in [-0.3, -0.25) is 0 Å². The maximum Gasteiger partial charge on any atom is 0.143 e. The molecule has 10 aromatic carbocycles. The molecule has 2 heterocycles. The highest BCUT2D eigenvalue weighted by Crippen LogP contribution is 2.47. The number of hydrogen-bond acceptors (Lipinski definition) is 3. The van der Waals surface area contributed by atoms with Crippen LogP contribution in [0.15, 0.2) is 245 Å². The zero-order valence-electron chi connectivity index (χ0n) is 34.3. The minimum Gasteiger partial charge on any atom is -0.456 e. The number of hydrogen-bond donors (Lipinski definition) is 0. The third-order valence-electron chi connectivity index (χ3n) is 12.3. The second kappa shape index (κ2) is 15.3. The van der Waals surface area contributed by atoms with E-state index >= 15 is 0 Å². The van der Waals surface area contributed by atoms with E-state index in [0.717, 1.165) is 94.3 Å². The van der Waals surface area contributed by atoms with E-state index in [9.17, 15) is 0 Å². The first-order valence-electron chi connectivity index (χ1n) is 21.4. The van der Waals surface area contributed by atoms with Crippen molar-refractivity contribution >= 4 is 60.9 Å². The molecule has 3 nitrogen and oxygen atoms in total. The first kappa shape index (κ1) is 36.5. The van der Waals surface area contributed by atoms with Crippen LogP contribution in [0.1, 0.15) is 0 Å². The van der Waals surface area contributed by atoms with E-state index in [0.29, 0.717) is 0 Å². The fourth-order valence-corrected chi connectivity index (χ4v) is 9.36. The average molecular weight is 806 g/mol. The number of fused-ring (bicyclic) bond motifs is 6. The van der Waals surface area contributed by atoms with Crippen LogP contribution in [-0.4, -0.2) is 0 Å². The van der Waals surface area contributed by atoms with Crippen molar-refractivity contribution in [3.05, 3.63) is 237 Å². The lowest BCUT2D eigenvalue weighted by molar-refractivity contribution is 0.669. The molecule has 0 saturated carbocycles. The number of para-hydroxylation sites is 4. The van der Waals surface area contributed by atoms with E-state index in [4.69, 9.17) is 8.83 Å². The predicted octanol–water partition coefficient (Wildman–Crippen LogP) is 17.3. The van der Waals surface area contributed by atoms with Crippen molar-refractivity contribution in [2.75, 3.05) is 4.90 Å². The molecular weight excluding hydrogens is 767 g/mol. The third-order valence-corrected chi connectivity index (χ3v) is 12.3. The van der Waals surface area contributed by atoms with Gasteiger partial charge < -0.3 is 13.7 Å². The molecule has 0 radical (unpaired) electrons. The largest absolute Gasteiger partial charge is 0.456 e. The minimum atomic E-state index is 0.886. The standard InChI is InChI=1S/C60H39NO2/c1-2-16-41(17-3-1)46-20-4-5-21-48(46)49-22-6-7-23-50(49)51-24-8-11-29-56(51)61(44-35-32-40(33-36-44)42-34-37-54-52-25-9-12-30-57(52)62-59(54)39-42)45-19-14-18-43(38-45)47-27-15-28-55-53-26-10-13-31-58(53)63-60(47)55/h1-39H. The zero-order chi connectivity index (χ0) is 41.7. The van der Waals surface area contributed by atoms with Crippen LogP contribution in [0.25, 0.3) is 99.5 Å². The summed E-state index contributed by atoms with van der Waals surface area (Å²) in [5.41, 5.74) is 18.1. The predicted molar refractivity (Wildman–Crippen MR) is 263 cm³/mol. The van der Waals surface area contributed by atoms with Crippen LogP contribution in [0.2, 0.25) is 0 Å². The molecule has 0 saturated heterocycles. The van der Waals surface area contributed by atoms with Gasteiger partial charge in [0.15, 0.2) is 0 Å². The third kappa shape index (κ3) is 6.38. The maximum atomic E-state index is 6.56. The molecular formula is C60H39NO2. The number of furan rings is 2. The molecule has 296 valence electrons. The smallest absolute Gasteiger partial charge is 0.143 e. The Morgan fingerprint density at radius 2 is 0.778 bits per heavy atom. The number of benzene rings is 10. The van der Waals surface area contributed by atoms with Crippen LogP contribution in [0.5, 0.6) is 0 Å². The van der Waals surface area contributed by atoms with Crippen LogP contribution >= 0.6 is 0 Å². The fraction of sp³-hybridized carbons (Fsp3) is 0. The lowest BCUT2D eigenvalue weighted by Crippen LogP contribution is -2.11. The molecule has 0 aliphatic heterocycles. The molecule has 0 bridgehead atoms. The van der Waals surface area contributed by atoms with Crippen LogP contribution < -0.4 is 4.90 Å². The molecule has 0 aliphatic rings. The Kier molecular flexibility index (Phi) is 8.83. The van der Waals surface area contributed by atoms with Crippen molar-refractivity contribution in [3.8, 4) is 55.6 Å². The summed E-state index contributed by atoms with van der Waals surface area (Å²) in [5.74, 6) is 0. The molecule has 3 heteroatoms. The number of rotatable bonds is 8. The van der Waals surface area contributed by atoms with Crippen molar-refractivity contribution < 1.29 is 8.83 Å². The molecule has 0 N–H and O–H groups in total. The second-order valence-corrected chi connectivity index (χ2v) is 16.0. The summed E-state index contributed by atoms with van der Waals surface area (Å²) in [7, 11) is 0. The summed E-state index contributed by atoms with van der Waals surface area (Å²) >= 11 is 0. The highest BCUT2D eigenvalue weighted by molar-refractivity contribution is 6.10. The Labute approximate surface area is 365 Å². The first-order valence-corrected chi connectivity index (χ1v) is 21.4. The van der Waals surface area contributed by atoms with Gasteiger partial charge in [-0.15, -0.1) is 0 Å². The minimum absolute atomic E-state index is 0.886. The normalized spacial score (nSPS) is 11.5. The molecule has 2 aromatic heterocycles. The topological polar surface area (TPSA) is 29.5 Å². The van der Waals surface area contributed by atoms with Crippen LogP contribution in [0.4, 0.5) is 17.1 Å². The zero-order valence-corrected chi connectivity index (χ0v) is 34.3. The average Bonchev–Trinajstić information content (AvgIpc) is 3.93. The van der Waals surface area contributed by atoms with Gasteiger partial charge in [0.2, 0.25) is 0 Å². The lowest BCUT2D eigenvalue weighted by Gasteiger charge is -2.29. The Bertz CT molecular complexity index is 3630. The SMILES string of the molecule is c1ccc(-c2ccccc2-c2ccccc2-c2ccccc2N(c2ccc(-c3ccc4c(c3)oc3ccccc34)cc2)c2cccc(-c3cccc4c3oc3ccccc34)c2)cc1. The quantitative estimate of drug-likeness (QED) is 0.153. The van der Waals surface area contributed by atoms with Crippen LogP contribution in [0, 0.1) is 0 Å². The van der Waals surface area contributed by atoms with Gasteiger partial charge in [-0.05, 0) is 99.1 Å². The van der Waals surface area contributed by atoms with Gasteiger partial charge in [-0.1, -0.05) is 182 Å². The molecule has 0 amide bonds. The van der Waals surface area contributed by atoms with Crippen LogP contribution in [0.3, 0.4) is 0 Å². The summed E-state index contributed by atoms with van der Waals surface area (Å²) < 4.78 is 12.9. The summed E-state index contributed by atoms with van der Waals surface area (Å²) in [5, 5.41) is 4.49. The first-order chi connectivity index (χ1) is 31.2. The molecule has 12 rings (SSSR count). The van der Waals surface area contributed by atoms with E-state index in [1.54, 1.807) is 0 Å². The number of anilines is 3. The highest BCUT2D eigenvalue weighted by Gasteiger charge is 2.22. The Morgan fingerprint density at radius 3 is 1.56 bits per heavy atom. The van der Waals surface area contributed by atoms with E-state index in [2.05, 4.69) is 217 Å². The van der Waals surface area contributed by atoms with Crippen molar-refractivity contribution in [3.63, 3.8) is 0 Å². The summed E-state index contributed by atoms with van der Waals surface area (Å²) in [6.45, 7) is 0. The molecule has 0 unspecified atom stereocenters. The lowest BCUT2D eigenvalue weighted by atomic mass is 9.88. The van der Waals surface area contributed by atoms with Gasteiger partial charge in [-0.2, -0.15) is 0 Å². The van der Waals surface area contributed by atoms with Gasteiger partial charge in [0.05, 0.1) is 5.69 Å². The van der Waals surface area contributed by atoms with E-state index in [1.807, 2.05) is 24.3 Å². The van der Waals surface area contributed by atoms with Gasteiger partial charge in [0.1, 0.15) is 22.3 Å². The molecule has 0 aliphatic carbocycles. The fourth-order valence-electron chi connectivity index (χ4n) is 9.36. The molecule has 0 spiro atoms. The van der Waals surface area contributed by atoms with Crippen molar-refractivity contribution in [2.24, 2.45) is 0 Å². The Hall–Kier alpha value is -8.40. The van der Waals surface area contributed by atoms with Gasteiger partial charge in [0, 0.05) is 44.0 Å². The van der Waals surface area contributed by atoms with E-state index in [1.165, 1.54) is 22.3 Å². The summed E-state index contributed by atoms with van der Waals surface area (Å²) in [6, 6.07) is 84.2. The molecule has 12 aromatic rings. The van der Waals surface area contributed by atoms with Crippen molar-refractivity contribution in [1.82, 2.24) is 0 Å². The Balaban J connectivity index is 1.03. The van der Waals surface area contributed by atoms with Gasteiger partial charge in [-0.25, -0.2) is 0 Å². The molecule has 0 fully saturated rings. The molecule has 0 atom stereocenters. The van der Waals surface area contributed by atoms with Crippen LogP contribution in [-0.2, 0) is 0 Å². The molecule has 63 heavy (non-hydrogen) atoms. The highest BCUT2D eigenvalue weighted by atomic mass is 16.3. The van der Waals surface area contributed by atoms with E-state index in [-0.39, 0.29) is 0 Å². The van der Waals surface area contributed by atoms with Crippen molar-refractivity contribution in [2.45, 2.75) is 0 Å². The second-order valence-electron chi connectivity index (χ2n) is 16.0. The summed E-state index contributed by atoms with van der Waals surface area (Å²) in [4.78, 5) is 2.39. The maximum absolute atomic E-state index is 6.56. The Morgan fingerprint density at radius 1 is 0.254 bits per heavy atom. The summed E-state index contributed by atoms with van der Waals surface area (Å²) in [6.07, 6.45) is 0. The van der Waals surface area contributed by atoms with Crippen molar-refractivity contribution in [1.29, 1.82) is 0 Å².